The molecule has 202 valence electrons. The second-order valence-corrected chi connectivity index (χ2v) is 11.1. The second kappa shape index (κ2) is 10.9. The number of thiophene rings is 1. The Morgan fingerprint density at radius 3 is 2.42 bits per heavy atom. The first kappa shape index (κ1) is 27.3. The number of sulfonamides is 1. The van der Waals surface area contributed by atoms with Gasteiger partial charge < -0.3 is 14.9 Å². The van der Waals surface area contributed by atoms with Gasteiger partial charge in [-0.3, -0.25) is 14.6 Å². The number of piperazine rings is 1. The molecule has 4 heterocycles. The lowest BCUT2D eigenvalue weighted by Gasteiger charge is -2.35. The van der Waals surface area contributed by atoms with Gasteiger partial charge in [0.15, 0.2) is 11.5 Å². The zero-order chi connectivity index (χ0) is 27.5. The molecule has 1 aliphatic heterocycles. The molecule has 0 bridgehead atoms. The Hall–Kier alpha value is -3.79. The first-order valence-electron chi connectivity index (χ1n) is 11.1. The summed E-state index contributed by atoms with van der Waals surface area (Å²) in [5, 5.41) is 19.0. The van der Waals surface area contributed by atoms with Crippen molar-refractivity contribution in [2.75, 3.05) is 36.8 Å². The van der Waals surface area contributed by atoms with Crippen molar-refractivity contribution in [3.05, 3.63) is 52.6 Å². The summed E-state index contributed by atoms with van der Waals surface area (Å²) in [6, 6.07) is 5.97. The molecular weight excluding hydrogens is 549 g/mol. The number of aromatic nitrogens is 3. The average Bonchev–Trinajstić information content (AvgIpc) is 3.37. The summed E-state index contributed by atoms with van der Waals surface area (Å²) in [6.07, 6.45) is -3.35. The fourth-order valence-corrected chi connectivity index (χ4v) is 5.46. The molecule has 38 heavy (non-hydrogen) atoms. The number of pyridine rings is 1. The zero-order valence-corrected chi connectivity index (χ0v) is 21.2. The van der Waals surface area contributed by atoms with Crippen molar-refractivity contribution in [1.82, 2.24) is 24.8 Å². The van der Waals surface area contributed by atoms with Crippen LogP contribution in [-0.4, -0.2) is 83.5 Å². The first-order valence-corrected chi connectivity index (χ1v) is 13.7. The van der Waals surface area contributed by atoms with E-state index in [1.165, 1.54) is 29.7 Å². The van der Waals surface area contributed by atoms with Gasteiger partial charge in [-0.25, -0.2) is 13.1 Å². The van der Waals surface area contributed by atoms with Gasteiger partial charge in [0.2, 0.25) is 10.0 Å². The molecule has 1 saturated heterocycles. The van der Waals surface area contributed by atoms with Crippen molar-refractivity contribution in [1.29, 1.82) is 0 Å². The van der Waals surface area contributed by atoms with E-state index < -0.39 is 34.3 Å². The summed E-state index contributed by atoms with van der Waals surface area (Å²) in [6.45, 7) is 1.63. The smallest absolute Gasteiger partial charge is 0.390 e. The number of alkyl halides is 3. The highest BCUT2D eigenvalue weighted by atomic mass is 32.2. The van der Waals surface area contributed by atoms with Crippen LogP contribution in [0.2, 0.25) is 0 Å². The van der Waals surface area contributed by atoms with Gasteiger partial charge >= 0.3 is 6.18 Å². The highest BCUT2D eigenvalue weighted by Crippen LogP contribution is 2.28. The van der Waals surface area contributed by atoms with E-state index in [1.54, 1.807) is 28.0 Å². The van der Waals surface area contributed by atoms with E-state index >= 15 is 0 Å². The summed E-state index contributed by atoms with van der Waals surface area (Å²) in [7, 11) is -4.49. The molecule has 0 aromatic carbocycles. The molecule has 0 unspecified atom stereocenters. The molecular formula is C22H21F3N6O5S2. The number of hydrogen-bond donors (Lipinski definition) is 2. The molecule has 11 nitrogen and oxygen atoms in total. The first-order chi connectivity index (χ1) is 17.9. The molecule has 0 radical (unpaired) electrons. The predicted molar refractivity (Wildman–Crippen MR) is 131 cm³/mol. The number of rotatable bonds is 7. The third-order valence-corrected chi connectivity index (χ3v) is 7.70. The van der Waals surface area contributed by atoms with Crippen molar-refractivity contribution in [3.8, 4) is 16.9 Å². The molecule has 1 fully saturated rings. The van der Waals surface area contributed by atoms with Crippen molar-refractivity contribution in [2.24, 2.45) is 0 Å². The van der Waals surface area contributed by atoms with Crippen LogP contribution in [-0.2, 0) is 10.0 Å². The van der Waals surface area contributed by atoms with Crippen LogP contribution >= 0.6 is 11.3 Å². The average molecular weight is 571 g/mol. The molecule has 3 aromatic rings. The van der Waals surface area contributed by atoms with Crippen LogP contribution in [0.1, 0.15) is 26.6 Å². The Bertz CT molecular complexity index is 1420. The molecule has 4 rings (SSSR count). The third-order valence-electron chi connectivity index (χ3n) is 5.54. The Morgan fingerprint density at radius 1 is 1.05 bits per heavy atom. The predicted octanol–water partition coefficient (Wildman–Crippen LogP) is 2.28. The largest absolute Gasteiger partial charge is 0.506 e. The molecule has 0 saturated carbocycles. The number of carbonyl (C=O) groups is 2. The van der Waals surface area contributed by atoms with E-state index in [0.29, 0.717) is 42.4 Å². The number of nitrogens with one attached hydrogen (secondary N) is 1. The van der Waals surface area contributed by atoms with Crippen molar-refractivity contribution in [3.63, 3.8) is 0 Å². The Morgan fingerprint density at radius 2 is 1.79 bits per heavy atom. The Kier molecular flexibility index (Phi) is 7.82. The number of halogens is 3. The number of anilines is 1. The quantitative estimate of drug-likeness (QED) is 0.437. The molecule has 0 spiro atoms. The van der Waals surface area contributed by atoms with Crippen molar-refractivity contribution in [2.45, 2.75) is 12.6 Å². The molecule has 2 N–H and O–H groups in total. The normalized spacial score (nSPS) is 14.4. The zero-order valence-electron chi connectivity index (χ0n) is 19.6. The van der Waals surface area contributed by atoms with E-state index in [4.69, 9.17) is 0 Å². The lowest BCUT2D eigenvalue weighted by molar-refractivity contribution is -0.130. The van der Waals surface area contributed by atoms with Gasteiger partial charge in [-0.2, -0.15) is 13.2 Å². The minimum Gasteiger partial charge on any atom is -0.506 e. The number of nitrogens with zero attached hydrogens (tertiary/aromatic N) is 5. The third kappa shape index (κ3) is 6.95. The summed E-state index contributed by atoms with van der Waals surface area (Å²) < 4.78 is 61.8. The van der Waals surface area contributed by atoms with Crippen LogP contribution in [0.25, 0.3) is 11.1 Å². The van der Waals surface area contributed by atoms with Gasteiger partial charge in [-0.15, -0.1) is 21.5 Å². The van der Waals surface area contributed by atoms with E-state index in [9.17, 15) is 36.3 Å². The van der Waals surface area contributed by atoms with Gasteiger partial charge in [0.25, 0.3) is 11.8 Å². The molecule has 0 aliphatic carbocycles. The number of aromatic hydroxyl groups is 1. The number of amides is 2. The minimum atomic E-state index is -4.68. The molecule has 16 heteroatoms. The summed E-state index contributed by atoms with van der Waals surface area (Å²) in [5.74, 6) is -2.18. The van der Waals surface area contributed by atoms with Crippen LogP contribution in [0.3, 0.4) is 0 Å². The highest BCUT2D eigenvalue weighted by molar-refractivity contribution is 7.90. The van der Waals surface area contributed by atoms with Crippen LogP contribution in [0.5, 0.6) is 5.75 Å². The monoisotopic (exact) mass is 570 g/mol. The second-order valence-electron chi connectivity index (χ2n) is 8.30. The Balaban J connectivity index is 1.31. The minimum absolute atomic E-state index is 0.0282. The summed E-state index contributed by atoms with van der Waals surface area (Å²) in [5.41, 5.74) is 1.10. The maximum Gasteiger partial charge on any atom is 0.390 e. The van der Waals surface area contributed by atoms with Gasteiger partial charge in [0.05, 0.1) is 23.2 Å². The SMILES string of the molecule is O=C(NS(=O)(=O)CCC(F)(F)F)c1ccc(N2CCN(C(=O)c3cc(-c4cncc(O)c4)cs3)CC2)nn1. The summed E-state index contributed by atoms with van der Waals surface area (Å²) >= 11 is 1.29. The van der Waals surface area contributed by atoms with Gasteiger partial charge in [-0.1, -0.05) is 0 Å². The van der Waals surface area contributed by atoms with Crippen molar-refractivity contribution >= 4 is 39.0 Å². The topological polar surface area (TPSA) is 146 Å². The fourth-order valence-electron chi connectivity index (χ4n) is 3.59. The summed E-state index contributed by atoms with van der Waals surface area (Å²) in [4.78, 5) is 33.0. The maximum absolute atomic E-state index is 13.0. The maximum atomic E-state index is 13.0. The van der Waals surface area contributed by atoms with Gasteiger partial charge in [0, 0.05) is 37.9 Å². The van der Waals surface area contributed by atoms with Crippen LogP contribution in [0.4, 0.5) is 19.0 Å². The molecule has 1 aliphatic rings. The van der Waals surface area contributed by atoms with E-state index in [0.717, 1.165) is 5.56 Å². The van der Waals surface area contributed by atoms with Crippen LogP contribution in [0.15, 0.2) is 42.0 Å². The highest BCUT2D eigenvalue weighted by Gasteiger charge is 2.31. The van der Waals surface area contributed by atoms with Gasteiger partial charge in [0.1, 0.15) is 5.75 Å². The molecule has 2 amide bonds. The fraction of sp³-hybridized carbons (Fsp3) is 0.318. The number of carbonyl (C=O) groups excluding carboxylic acids is 2. The van der Waals surface area contributed by atoms with Crippen LogP contribution in [0, 0.1) is 0 Å². The van der Waals surface area contributed by atoms with Crippen LogP contribution < -0.4 is 9.62 Å². The standard InChI is InChI=1S/C22H21F3N6O5S2/c23-22(24,25)3-8-38(35,36)29-20(33)17-1-2-19(28-27-17)30-4-6-31(7-5-30)21(34)18-10-15(13-37-18)14-9-16(32)12-26-11-14/h1-2,9-13,32H,3-8H2,(H,29,33). The van der Waals surface area contributed by atoms with E-state index in [-0.39, 0.29) is 17.4 Å². The molecule has 0 atom stereocenters. The Labute approximate surface area is 219 Å². The van der Waals surface area contributed by atoms with E-state index in [1.807, 2.05) is 10.3 Å². The number of hydrogen-bond acceptors (Lipinski definition) is 10. The molecule has 3 aromatic heterocycles. The van der Waals surface area contributed by atoms with Crippen molar-refractivity contribution < 1.29 is 36.3 Å². The lowest BCUT2D eigenvalue weighted by atomic mass is 10.1. The lowest BCUT2D eigenvalue weighted by Crippen LogP contribution is -2.49. The van der Waals surface area contributed by atoms with Gasteiger partial charge in [-0.05, 0) is 35.2 Å². The van der Waals surface area contributed by atoms with E-state index in [2.05, 4.69) is 15.2 Å².